The Hall–Kier alpha value is -1.50. The maximum Gasteiger partial charge on any atom is 0.130 e. The van der Waals surface area contributed by atoms with Crippen LogP contribution in [0.3, 0.4) is 0 Å². The molecule has 1 heteroatoms. The number of ether oxygens (including phenoxy) is 1. The van der Waals surface area contributed by atoms with Crippen molar-refractivity contribution < 1.29 is 4.74 Å². The second-order valence-electron chi connectivity index (χ2n) is 3.43. The number of para-hydroxylation sites is 1. The highest BCUT2D eigenvalue weighted by atomic mass is 16.5. The van der Waals surface area contributed by atoms with Gasteiger partial charge in [-0.3, -0.25) is 0 Å². The van der Waals surface area contributed by atoms with E-state index in [1.165, 1.54) is 5.56 Å². The summed E-state index contributed by atoms with van der Waals surface area (Å²) in [7, 11) is 0. The average molecular weight is 170 g/mol. The first kappa shape index (κ1) is 6.96. The lowest BCUT2D eigenvalue weighted by molar-refractivity contribution is 0.425. The third-order valence-corrected chi connectivity index (χ3v) is 2.63. The number of fused-ring (bicyclic) bond motifs is 3. The molecule has 0 saturated heterocycles. The van der Waals surface area contributed by atoms with Crippen LogP contribution in [0.15, 0.2) is 48.3 Å². The largest absolute Gasteiger partial charge is 0.461 e. The fraction of sp³-hybridized carbons (Fsp3) is 0.167. The van der Waals surface area contributed by atoms with Crippen molar-refractivity contribution >= 4 is 0 Å². The molecule has 2 aliphatic rings. The molecule has 0 aromatic heterocycles. The Morgan fingerprint density at radius 3 is 3.15 bits per heavy atom. The Balaban J connectivity index is 2.14. The molecule has 1 unspecified atom stereocenters. The normalized spacial score (nSPS) is 23.1. The van der Waals surface area contributed by atoms with Crippen LogP contribution in [0.25, 0.3) is 0 Å². The highest BCUT2D eigenvalue weighted by molar-refractivity contribution is 5.48. The molecule has 0 N–H and O–H groups in total. The molecular formula is C12H10O. The van der Waals surface area contributed by atoms with Crippen LogP contribution in [-0.2, 0) is 0 Å². The molecule has 64 valence electrons. The van der Waals surface area contributed by atoms with Gasteiger partial charge in [0.1, 0.15) is 11.5 Å². The molecule has 1 aliphatic heterocycles. The zero-order valence-corrected chi connectivity index (χ0v) is 7.23. The van der Waals surface area contributed by atoms with E-state index in [1.54, 1.807) is 0 Å². The van der Waals surface area contributed by atoms with Gasteiger partial charge in [0.2, 0.25) is 0 Å². The van der Waals surface area contributed by atoms with Gasteiger partial charge >= 0.3 is 0 Å². The van der Waals surface area contributed by atoms with Gasteiger partial charge in [-0.1, -0.05) is 30.4 Å². The van der Waals surface area contributed by atoms with Crippen molar-refractivity contribution in [2.24, 2.45) is 0 Å². The third kappa shape index (κ3) is 0.934. The van der Waals surface area contributed by atoms with E-state index in [9.17, 15) is 0 Å². The number of rotatable bonds is 0. The van der Waals surface area contributed by atoms with Crippen LogP contribution in [0.2, 0.25) is 0 Å². The second kappa shape index (κ2) is 2.49. The van der Waals surface area contributed by atoms with Gasteiger partial charge < -0.3 is 4.74 Å². The minimum absolute atomic E-state index is 0.473. The van der Waals surface area contributed by atoms with Gasteiger partial charge in [0.25, 0.3) is 0 Å². The molecule has 0 radical (unpaired) electrons. The molecule has 0 amide bonds. The van der Waals surface area contributed by atoms with Crippen molar-refractivity contribution in [3.63, 3.8) is 0 Å². The molecule has 3 rings (SSSR count). The molecule has 0 spiro atoms. The van der Waals surface area contributed by atoms with Crippen LogP contribution in [0.4, 0.5) is 0 Å². The van der Waals surface area contributed by atoms with Gasteiger partial charge in [0, 0.05) is 11.5 Å². The zero-order chi connectivity index (χ0) is 8.67. The lowest BCUT2D eigenvalue weighted by atomic mass is 9.93. The number of hydrogen-bond acceptors (Lipinski definition) is 1. The zero-order valence-electron chi connectivity index (χ0n) is 7.23. The highest BCUT2D eigenvalue weighted by Crippen LogP contribution is 2.43. The van der Waals surface area contributed by atoms with E-state index >= 15 is 0 Å². The predicted molar refractivity (Wildman–Crippen MR) is 51.7 cm³/mol. The lowest BCUT2D eigenvalue weighted by Crippen LogP contribution is -1.99. The van der Waals surface area contributed by atoms with Crippen LogP contribution < -0.4 is 4.74 Å². The maximum atomic E-state index is 5.72. The van der Waals surface area contributed by atoms with E-state index in [0.29, 0.717) is 5.92 Å². The molecule has 1 nitrogen and oxygen atoms in total. The number of benzene rings is 1. The molecule has 0 fully saturated rings. The summed E-state index contributed by atoms with van der Waals surface area (Å²) in [5, 5.41) is 0. The fourth-order valence-corrected chi connectivity index (χ4v) is 1.98. The quantitative estimate of drug-likeness (QED) is 0.581. The molecule has 13 heavy (non-hydrogen) atoms. The van der Waals surface area contributed by atoms with Crippen molar-refractivity contribution in [1.82, 2.24) is 0 Å². The van der Waals surface area contributed by atoms with Crippen LogP contribution in [0.5, 0.6) is 5.75 Å². The molecule has 1 aromatic carbocycles. The lowest BCUT2D eigenvalue weighted by Gasteiger charge is -2.10. The van der Waals surface area contributed by atoms with Crippen LogP contribution in [0, 0.1) is 0 Å². The Bertz CT molecular complexity index is 401. The van der Waals surface area contributed by atoms with Crippen molar-refractivity contribution in [3.05, 3.63) is 53.8 Å². The first-order chi connectivity index (χ1) is 6.45. The average Bonchev–Trinajstić information content (AvgIpc) is 2.56. The third-order valence-electron chi connectivity index (χ3n) is 2.63. The van der Waals surface area contributed by atoms with E-state index in [4.69, 9.17) is 4.74 Å². The maximum absolute atomic E-state index is 5.72. The minimum Gasteiger partial charge on any atom is -0.461 e. The van der Waals surface area contributed by atoms with Crippen molar-refractivity contribution in [2.75, 3.05) is 0 Å². The molecule has 1 heterocycles. The van der Waals surface area contributed by atoms with E-state index in [-0.39, 0.29) is 0 Å². The summed E-state index contributed by atoms with van der Waals surface area (Å²) in [5.74, 6) is 2.60. The van der Waals surface area contributed by atoms with Crippen molar-refractivity contribution in [3.8, 4) is 5.75 Å². The second-order valence-corrected chi connectivity index (χ2v) is 3.43. The molecule has 0 bridgehead atoms. The van der Waals surface area contributed by atoms with E-state index in [2.05, 4.69) is 30.4 Å². The number of hydrogen-bond donors (Lipinski definition) is 0. The van der Waals surface area contributed by atoms with E-state index < -0.39 is 0 Å². The molecule has 1 atom stereocenters. The monoisotopic (exact) mass is 170 g/mol. The van der Waals surface area contributed by atoms with Gasteiger partial charge in [-0.05, 0) is 18.6 Å². The van der Waals surface area contributed by atoms with Crippen molar-refractivity contribution in [2.45, 2.75) is 12.3 Å². The van der Waals surface area contributed by atoms with Crippen LogP contribution >= 0.6 is 0 Å². The number of allylic oxidation sites excluding steroid dienone is 4. The Kier molecular flexibility index (Phi) is 1.33. The van der Waals surface area contributed by atoms with E-state index in [1.807, 2.05) is 12.1 Å². The van der Waals surface area contributed by atoms with Crippen LogP contribution in [0.1, 0.15) is 17.9 Å². The Morgan fingerprint density at radius 1 is 1.23 bits per heavy atom. The minimum atomic E-state index is 0.473. The smallest absolute Gasteiger partial charge is 0.130 e. The predicted octanol–water partition coefficient (Wildman–Crippen LogP) is 3.01. The topological polar surface area (TPSA) is 9.23 Å². The summed E-state index contributed by atoms with van der Waals surface area (Å²) in [4.78, 5) is 0. The summed E-state index contributed by atoms with van der Waals surface area (Å²) < 4.78 is 5.72. The summed E-state index contributed by atoms with van der Waals surface area (Å²) >= 11 is 0. The standard InChI is InChI=1S/C12H10O/c1-3-7-11-9(5-1)10-6-2-4-8-12(10)13-11/h1-5,7-8,10H,6H2. The first-order valence-electron chi connectivity index (χ1n) is 4.58. The Morgan fingerprint density at radius 2 is 2.15 bits per heavy atom. The van der Waals surface area contributed by atoms with Gasteiger partial charge in [-0.25, -0.2) is 0 Å². The van der Waals surface area contributed by atoms with Crippen molar-refractivity contribution in [1.29, 1.82) is 0 Å². The van der Waals surface area contributed by atoms with Gasteiger partial charge in [0.05, 0.1) is 0 Å². The highest BCUT2D eigenvalue weighted by Gasteiger charge is 2.28. The SMILES string of the molecule is C1=CCC2C(=C1)Oc1ccccc12. The van der Waals surface area contributed by atoms with Gasteiger partial charge in [-0.2, -0.15) is 0 Å². The molecule has 1 aromatic rings. The summed E-state index contributed by atoms with van der Waals surface area (Å²) in [6, 6.07) is 8.28. The molecular weight excluding hydrogens is 160 g/mol. The first-order valence-corrected chi connectivity index (χ1v) is 4.58. The van der Waals surface area contributed by atoms with Crippen LogP contribution in [-0.4, -0.2) is 0 Å². The van der Waals surface area contributed by atoms with E-state index in [0.717, 1.165) is 17.9 Å². The molecule has 1 aliphatic carbocycles. The summed E-state index contributed by atoms with van der Waals surface area (Å²) in [5.41, 5.74) is 1.33. The Labute approximate surface area is 77.3 Å². The fourth-order valence-electron chi connectivity index (χ4n) is 1.98. The summed E-state index contributed by atoms with van der Waals surface area (Å²) in [6.07, 6.45) is 7.40. The summed E-state index contributed by atoms with van der Waals surface area (Å²) in [6.45, 7) is 0. The molecule has 0 saturated carbocycles. The van der Waals surface area contributed by atoms with Gasteiger partial charge in [0.15, 0.2) is 0 Å². The van der Waals surface area contributed by atoms with Gasteiger partial charge in [-0.15, -0.1) is 0 Å².